The molecule has 2 amide bonds. The average Bonchev–Trinajstić information content (AvgIpc) is 3.30. The molecule has 0 bridgehead atoms. The molecule has 3 heterocycles. The Bertz CT molecular complexity index is 994. The highest BCUT2D eigenvalue weighted by molar-refractivity contribution is 7.18. The molecule has 3 rings (SSSR count). The SMILES string of the molecule is CCOC(=O)NCCNC(=O)Cn1cnc2scc(-c3cccs3)c2c1=O. The van der Waals surface area contributed by atoms with Gasteiger partial charge in [-0.1, -0.05) is 6.07 Å². The standard InChI is InChI=1S/C17H18N4O4S2/c1-2-25-17(24)19-6-5-18-13(22)8-21-10-20-15-14(16(21)23)11(9-27-15)12-4-3-7-26-12/h3-4,7,9-10H,2,5-6,8H2,1H3,(H,18,22)(H,19,24). The van der Waals surface area contributed by atoms with Crippen LogP contribution in [0.25, 0.3) is 20.7 Å². The fourth-order valence-electron chi connectivity index (χ4n) is 2.45. The summed E-state index contributed by atoms with van der Waals surface area (Å²) in [7, 11) is 0. The van der Waals surface area contributed by atoms with Crippen LogP contribution in [-0.2, 0) is 16.1 Å². The number of nitrogens with one attached hydrogen (secondary N) is 2. The van der Waals surface area contributed by atoms with Gasteiger partial charge in [0, 0.05) is 28.9 Å². The Morgan fingerprint density at radius 2 is 2.07 bits per heavy atom. The Balaban J connectivity index is 1.66. The van der Waals surface area contributed by atoms with Gasteiger partial charge in [0.25, 0.3) is 5.56 Å². The number of aromatic nitrogens is 2. The van der Waals surface area contributed by atoms with Crippen LogP contribution in [0.5, 0.6) is 0 Å². The summed E-state index contributed by atoms with van der Waals surface area (Å²) >= 11 is 2.96. The van der Waals surface area contributed by atoms with Crippen molar-refractivity contribution in [2.75, 3.05) is 19.7 Å². The molecule has 0 saturated heterocycles. The molecule has 27 heavy (non-hydrogen) atoms. The lowest BCUT2D eigenvalue weighted by Crippen LogP contribution is -2.37. The summed E-state index contributed by atoms with van der Waals surface area (Å²) in [5.41, 5.74) is 0.598. The van der Waals surface area contributed by atoms with Gasteiger partial charge in [0.1, 0.15) is 11.4 Å². The molecule has 8 nitrogen and oxygen atoms in total. The van der Waals surface area contributed by atoms with E-state index < -0.39 is 6.09 Å². The molecular formula is C17H18N4O4S2. The summed E-state index contributed by atoms with van der Waals surface area (Å²) in [4.78, 5) is 42.0. The number of fused-ring (bicyclic) bond motifs is 1. The van der Waals surface area contributed by atoms with Gasteiger partial charge in [-0.15, -0.1) is 22.7 Å². The molecule has 0 fully saturated rings. The van der Waals surface area contributed by atoms with Crippen LogP contribution >= 0.6 is 22.7 Å². The molecule has 0 aliphatic rings. The van der Waals surface area contributed by atoms with E-state index in [1.807, 2.05) is 22.9 Å². The monoisotopic (exact) mass is 406 g/mol. The van der Waals surface area contributed by atoms with Crippen molar-refractivity contribution in [1.29, 1.82) is 0 Å². The summed E-state index contributed by atoms with van der Waals surface area (Å²) in [6.45, 7) is 2.33. The van der Waals surface area contributed by atoms with E-state index in [1.54, 1.807) is 18.3 Å². The van der Waals surface area contributed by atoms with Crippen LogP contribution in [0.4, 0.5) is 4.79 Å². The summed E-state index contributed by atoms with van der Waals surface area (Å²) in [6, 6.07) is 3.88. The molecule has 2 N–H and O–H groups in total. The Labute approximate surface area is 162 Å². The Hall–Kier alpha value is -2.72. The molecule has 0 aliphatic carbocycles. The van der Waals surface area contributed by atoms with Crippen molar-refractivity contribution in [3.05, 3.63) is 39.6 Å². The first-order valence-corrected chi connectivity index (χ1v) is 10.0. The number of nitrogens with zero attached hydrogens (tertiary/aromatic N) is 2. The van der Waals surface area contributed by atoms with Crippen LogP contribution in [0.2, 0.25) is 0 Å². The van der Waals surface area contributed by atoms with Crippen molar-refractivity contribution < 1.29 is 14.3 Å². The Kier molecular flexibility index (Phi) is 6.20. The van der Waals surface area contributed by atoms with Gasteiger partial charge in [-0.25, -0.2) is 9.78 Å². The van der Waals surface area contributed by atoms with E-state index >= 15 is 0 Å². The van der Waals surface area contributed by atoms with E-state index in [4.69, 9.17) is 4.74 Å². The zero-order valence-electron chi connectivity index (χ0n) is 14.6. The maximum Gasteiger partial charge on any atom is 0.407 e. The number of thiophene rings is 2. The molecule has 3 aromatic heterocycles. The topological polar surface area (TPSA) is 102 Å². The number of carbonyl (C=O) groups excluding carboxylic acids is 2. The zero-order valence-corrected chi connectivity index (χ0v) is 16.2. The van der Waals surface area contributed by atoms with E-state index in [2.05, 4.69) is 15.6 Å². The summed E-state index contributed by atoms with van der Waals surface area (Å²) < 4.78 is 6.01. The molecule has 0 spiro atoms. The third kappa shape index (κ3) is 4.52. The summed E-state index contributed by atoms with van der Waals surface area (Å²) in [5.74, 6) is -0.336. The van der Waals surface area contributed by atoms with Gasteiger partial charge in [0.2, 0.25) is 5.91 Å². The number of hydrogen-bond donors (Lipinski definition) is 2. The molecule has 0 aromatic carbocycles. The van der Waals surface area contributed by atoms with Crippen molar-refractivity contribution >= 4 is 44.9 Å². The minimum Gasteiger partial charge on any atom is -0.450 e. The maximum absolute atomic E-state index is 12.8. The van der Waals surface area contributed by atoms with Crippen molar-refractivity contribution in [3.63, 3.8) is 0 Å². The molecule has 0 radical (unpaired) electrons. The van der Waals surface area contributed by atoms with Crippen molar-refractivity contribution in [1.82, 2.24) is 20.2 Å². The van der Waals surface area contributed by atoms with Crippen molar-refractivity contribution in [3.8, 4) is 10.4 Å². The molecule has 3 aromatic rings. The second-order valence-corrected chi connectivity index (χ2v) is 7.29. The minimum atomic E-state index is -0.531. The van der Waals surface area contributed by atoms with Gasteiger partial charge in [-0.05, 0) is 18.4 Å². The molecule has 0 atom stereocenters. The van der Waals surface area contributed by atoms with E-state index in [0.717, 1.165) is 10.4 Å². The fourth-order valence-corrected chi connectivity index (χ4v) is 4.17. The number of rotatable bonds is 7. The molecule has 0 aliphatic heterocycles. The molecule has 0 saturated carbocycles. The smallest absolute Gasteiger partial charge is 0.407 e. The first-order valence-electron chi connectivity index (χ1n) is 8.28. The second-order valence-electron chi connectivity index (χ2n) is 5.48. The van der Waals surface area contributed by atoms with Crippen molar-refractivity contribution in [2.24, 2.45) is 0 Å². The maximum atomic E-state index is 12.8. The highest BCUT2D eigenvalue weighted by Gasteiger charge is 2.15. The van der Waals surface area contributed by atoms with Crippen LogP contribution in [0, 0.1) is 0 Å². The highest BCUT2D eigenvalue weighted by Crippen LogP contribution is 2.33. The predicted octanol–water partition coefficient (Wildman–Crippen LogP) is 2.05. The van der Waals surface area contributed by atoms with Crippen LogP contribution in [0.15, 0.2) is 34.0 Å². The second kappa shape index (κ2) is 8.78. The predicted molar refractivity (Wildman–Crippen MR) is 105 cm³/mol. The third-order valence-corrected chi connectivity index (χ3v) is 5.44. The third-order valence-electron chi connectivity index (χ3n) is 3.65. The van der Waals surface area contributed by atoms with Crippen LogP contribution in [-0.4, -0.2) is 41.2 Å². The van der Waals surface area contributed by atoms with Gasteiger partial charge < -0.3 is 15.4 Å². The zero-order chi connectivity index (χ0) is 19.2. The highest BCUT2D eigenvalue weighted by atomic mass is 32.1. The van der Waals surface area contributed by atoms with Gasteiger partial charge in [-0.2, -0.15) is 0 Å². The van der Waals surface area contributed by atoms with E-state index in [0.29, 0.717) is 10.2 Å². The first-order chi connectivity index (χ1) is 13.1. The van der Waals surface area contributed by atoms with E-state index in [1.165, 1.54) is 22.2 Å². The minimum absolute atomic E-state index is 0.138. The van der Waals surface area contributed by atoms with Gasteiger partial charge in [-0.3, -0.25) is 14.2 Å². The number of hydrogen-bond acceptors (Lipinski definition) is 7. The fraction of sp³-hybridized carbons (Fsp3) is 0.294. The molecule has 142 valence electrons. The quantitative estimate of drug-likeness (QED) is 0.585. The van der Waals surface area contributed by atoms with Crippen LogP contribution in [0.1, 0.15) is 6.92 Å². The van der Waals surface area contributed by atoms with Gasteiger partial charge in [0.15, 0.2) is 0 Å². The van der Waals surface area contributed by atoms with Crippen LogP contribution in [0.3, 0.4) is 0 Å². The summed E-state index contributed by atoms with van der Waals surface area (Å²) in [6.07, 6.45) is 0.853. The molecular weight excluding hydrogens is 388 g/mol. The Morgan fingerprint density at radius 3 is 2.81 bits per heavy atom. The van der Waals surface area contributed by atoms with Gasteiger partial charge in [0.05, 0.1) is 18.3 Å². The van der Waals surface area contributed by atoms with E-state index in [9.17, 15) is 14.4 Å². The number of ether oxygens (including phenoxy) is 1. The largest absolute Gasteiger partial charge is 0.450 e. The average molecular weight is 406 g/mol. The normalized spacial score (nSPS) is 10.7. The first kappa shape index (κ1) is 19.1. The summed E-state index contributed by atoms with van der Waals surface area (Å²) in [5, 5.41) is 9.54. The number of carbonyl (C=O) groups is 2. The van der Waals surface area contributed by atoms with Gasteiger partial charge >= 0.3 is 6.09 Å². The number of amides is 2. The lowest BCUT2D eigenvalue weighted by molar-refractivity contribution is -0.121. The number of alkyl carbamates (subject to hydrolysis) is 1. The Morgan fingerprint density at radius 1 is 1.26 bits per heavy atom. The lowest BCUT2D eigenvalue weighted by atomic mass is 10.2. The van der Waals surface area contributed by atoms with Crippen LogP contribution < -0.4 is 16.2 Å². The van der Waals surface area contributed by atoms with Crippen molar-refractivity contribution in [2.45, 2.75) is 13.5 Å². The molecule has 0 unspecified atom stereocenters. The lowest BCUT2D eigenvalue weighted by Gasteiger charge is -2.08. The van der Waals surface area contributed by atoms with E-state index in [-0.39, 0.29) is 37.7 Å². The molecule has 10 heteroatoms.